The summed E-state index contributed by atoms with van der Waals surface area (Å²) in [6.45, 7) is 14.0. The Balaban J connectivity index is 1.40. The van der Waals surface area contributed by atoms with Crippen molar-refractivity contribution >= 4 is 27.5 Å². The van der Waals surface area contributed by atoms with Crippen LogP contribution in [-0.2, 0) is 4.79 Å². The number of carbonyl (C=O) groups excluding carboxylic acids is 1. The van der Waals surface area contributed by atoms with Gasteiger partial charge in [0, 0.05) is 15.6 Å². The van der Waals surface area contributed by atoms with Crippen LogP contribution in [0.4, 0.5) is 5.69 Å². The van der Waals surface area contributed by atoms with E-state index in [1.807, 2.05) is 31.2 Å². The number of carbonyl (C=O) groups is 1. The molecule has 4 saturated carbocycles. The molecule has 6 rings (SSSR count). The summed E-state index contributed by atoms with van der Waals surface area (Å²) in [5.74, 6) is 0.878. The first-order valence-corrected chi connectivity index (χ1v) is 17.1. The molecule has 5 aliphatic rings. The van der Waals surface area contributed by atoms with E-state index < -0.39 is 23.0 Å². The number of nitrogens with one attached hydrogen (secondary N) is 1. The van der Waals surface area contributed by atoms with Crippen molar-refractivity contribution in [3.63, 3.8) is 0 Å². The number of hydrogen-bond donors (Lipinski definition) is 4. The molecule has 0 spiro atoms. The first-order chi connectivity index (χ1) is 19.6. The third-order valence-electron chi connectivity index (χ3n) is 14.3. The van der Waals surface area contributed by atoms with Gasteiger partial charge in [-0.3, -0.25) is 4.79 Å². The van der Waals surface area contributed by atoms with Gasteiger partial charge in [-0.05, 0) is 121 Å². The third kappa shape index (κ3) is 4.13. The summed E-state index contributed by atoms with van der Waals surface area (Å²) in [6, 6.07) is 7.93. The minimum Gasteiger partial charge on any atom is -0.396 e. The van der Waals surface area contributed by atoms with Gasteiger partial charge in [0.25, 0.3) is 0 Å². The van der Waals surface area contributed by atoms with Gasteiger partial charge in [-0.1, -0.05) is 69.1 Å². The molecule has 0 heterocycles. The fraction of sp³-hybridized carbons (Fsp3) is 0.750. The highest BCUT2D eigenvalue weighted by Crippen LogP contribution is 2.75. The van der Waals surface area contributed by atoms with E-state index in [2.05, 4.69) is 61.9 Å². The molecule has 3 unspecified atom stereocenters. The second-order valence-corrected chi connectivity index (χ2v) is 17.6. The van der Waals surface area contributed by atoms with Crippen molar-refractivity contribution in [3.05, 3.63) is 40.4 Å². The number of aliphatic hydroxyl groups is 3. The maximum absolute atomic E-state index is 14.3. The van der Waals surface area contributed by atoms with Crippen molar-refractivity contribution in [2.24, 2.45) is 50.2 Å². The molecule has 4 fully saturated rings. The summed E-state index contributed by atoms with van der Waals surface area (Å²) < 4.78 is 1.00. The zero-order valence-electron chi connectivity index (χ0n) is 26.5. The first kappa shape index (κ1) is 30.8. The van der Waals surface area contributed by atoms with Gasteiger partial charge < -0.3 is 20.6 Å². The van der Waals surface area contributed by atoms with E-state index in [0.717, 1.165) is 61.5 Å². The van der Waals surface area contributed by atoms with Gasteiger partial charge in [-0.25, -0.2) is 0 Å². The van der Waals surface area contributed by atoms with E-state index in [1.54, 1.807) is 0 Å². The molecule has 5 aliphatic carbocycles. The van der Waals surface area contributed by atoms with Gasteiger partial charge in [-0.2, -0.15) is 0 Å². The molecule has 0 bridgehead atoms. The lowest BCUT2D eigenvalue weighted by atomic mass is 9.33. The Kier molecular flexibility index (Phi) is 7.26. The van der Waals surface area contributed by atoms with Gasteiger partial charge >= 0.3 is 0 Å². The van der Waals surface area contributed by atoms with Crippen LogP contribution in [-0.4, -0.2) is 40.0 Å². The van der Waals surface area contributed by atoms with Crippen LogP contribution < -0.4 is 5.32 Å². The fourth-order valence-corrected chi connectivity index (χ4v) is 11.8. The lowest BCUT2D eigenvalue weighted by Gasteiger charge is -2.71. The van der Waals surface area contributed by atoms with Gasteiger partial charge in [0.2, 0.25) is 5.91 Å². The maximum Gasteiger partial charge on any atom is 0.231 e. The van der Waals surface area contributed by atoms with Crippen LogP contribution in [0.2, 0.25) is 0 Å². The van der Waals surface area contributed by atoms with Crippen LogP contribution in [0.1, 0.15) is 99.3 Å². The third-order valence-corrected chi connectivity index (χ3v) is 14.8. The average molecular weight is 643 g/mol. The lowest BCUT2D eigenvalue weighted by molar-refractivity contribution is -0.243. The van der Waals surface area contributed by atoms with Gasteiger partial charge in [0.1, 0.15) is 0 Å². The highest BCUT2D eigenvalue weighted by atomic mass is 79.9. The fourth-order valence-electron chi connectivity index (χ4n) is 11.6. The second-order valence-electron chi connectivity index (χ2n) is 16.7. The molecule has 5 nitrogen and oxygen atoms in total. The van der Waals surface area contributed by atoms with E-state index in [-0.39, 0.29) is 46.0 Å². The maximum atomic E-state index is 14.3. The SMILES string of the molecule is CC1(C)CC[C@]2(C(=O)Nc3ccc(Br)cc3)CC[C@]3(C)C(=CCC4[C@@]5(C)C[C@@H](O)[C@H](O)[C@@](C)(CO)C5CC[C@]43C)C2C1. The minimum absolute atomic E-state index is 0.0106. The molecule has 6 heteroatoms. The van der Waals surface area contributed by atoms with Crippen LogP contribution in [0.25, 0.3) is 0 Å². The summed E-state index contributed by atoms with van der Waals surface area (Å²) >= 11 is 3.51. The molecule has 232 valence electrons. The summed E-state index contributed by atoms with van der Waals surface area (Å²) in [5.41, 5.74) is 1.21. The van der Waals surface area contributed by atoms with Crippen molar-refractivity contribution in [1.82, 2.24) is 0 Å². The van der Waals surface area contributed by atoms with Crippen molar-refractivity contribution in [2.75, 3.05) is 11.9 Å². The molecule has 0 aromatic heterocycles. The van der Waals surface area contributed by atoms with E-state index in [4.69, 9.17) is 0 Å². The van der Waals surface area contributed by atoms with Crippen molar-refractivity contribution in [1.29, 1.82) is 0 Å². The molecule has 1 amide bonds. The molecule has 0 saturated heterocycles. The smallest absolute Gasteiger partial charge is 0.231 e. The Bertz CT molecular complexity index is 1280. The standard InChI is InChI=1S/C36H52BrNO4/c1-31(2)15-17-36(30(42)38-23-9-7-22(37)8-10-23)18-16-34(5)24(25(36)19-31)11-12-28-32(3)20-26(40)29(41)33(4,21-39)27(32)13-14-35(28,34)6/h7-11,25-29,39-41H,12-21H2,1-6H3,(H,38,42)/t25?,26-,27?,28?,29+,32+,33+,34-,35-,36+/m1/s1. The van der Waals surface area contributed by atoms with Gasteiger partial charge in [-0.15, -0.1) is 0 Å². The summed E-state index contributed by atoms with van der Waals surface area (Å²) in [6.07, 6.45) is 9.16. The Morgan fingerprint density at radius 2 is 1.60 bits per heavy atom. The zero-order valence-corrected chi connectivity index (χ0v) is 28.1. The van der Waals surface area contributed by atoms with Crippen LogP contribution >= 0.6 is 15.9 Å². The topological polar surface area (TPSA) is 89.8 Å². The quantitative estimate of drug-likeness (QED) is 0.257. The van der Waals surface area contributed by atoms with Crippen molar-refractivity contribution < 1.29 is 20.1 Å². The largest absolute Gasteiger partial charge is 0.396 e. The normalized spacial score (nSPS) is 47.7. The Hall–Kier alpha value is -1.21. The molecule has 42 heavy (non-hydrogen) atoms. The van der Waals surface area contributed by atoms with E-state index in [0.29, 0.717) is 12.3 Å². The number of rotatable bonds is 3. The molecule has 10 atom stereocenters. The lowest BCUT2D eigenvalue weighted by Crippen LogP contribution is -2.68. The van der Waals surface area contributed by atoms with Crippen LogP contribution in [0.3, 0.4) is 0 Å². The second kappa shape index (κ2) is 9.89. The number of allylic oxidation sites excluding steroid dienone is 2. The summed E-state index contributed by atoms with van der Waals surface area (Å²) in [7, 11) is 0. The van der Waals surface area contributed by atoms with Crippen LogP contribution in [0, 0.1) is 50.2 Å². The molecule has 0 aliphatic heterocycles. The molecular formula is C36H52BrNO4. The number of fused-ring (bicyclic) bond motifs is 7. The number of benzene rings is 1. The first-order valence-electron chi connectivity index (χ1n) is 16.3. The predicted molar refractivity (Wildman–Crippen MR) is 171 cm³/mol. The number of hydrogen-bond acceptors (Lipinski definition) is 4. The van der Waals surface area contributed by atoms with Crippen molar-refractivity contribution in [2.45, 2.75) is 112 Å². The summed E-state index contributed by atoms with van der Waals surface area (Å²) in [4.78, 5) is 14.3. The van der Waals surface area contributed by atoms with E-state index in [9.17, 15) is 20.1 Å². The zero-order chi connectivity index (χ0) is 30.5. The molecule has 1 aromatic carbocycles. The van der Waals surface area contributed by atoms with Crippen LogP contribution in [0.15, 0.2) is 40.4 Å². The molecular weight excluding hydrogens is 590 g/mol. The Morgan fingerprint density at radius 3 is 2.26 bits per heavy atom. The van der Waals surface area contributed by atoms with Crippen molar-refractivity contribution in [3.8, 4) is 0 Å². The number of aliphatic hydroxyl groups excluding tert-OH is 3. The minimum atomic E-state index is -0.904. The van der Waals surface area contributed by atoms with Crippen LogP contribution in [0.5, 0.6) is 0 Å². The van der Waals surface area contributed by atoms with Gasteiger partial charge in [0.05, 0.1) is 24.2 Å². The van der Waals surface area contributed by atoms with E-state index in [1.165, 1.54) is 5.57 Å². The van der Waals surface area contributed by atoms with Gasteiger partial charge in [0.15, 0.2) is 0 Å². The molecule has 4 N–H and O–H groups in total. The molecule has 0 radical (unpaired) electrons. The summed E-state index contributed by atoms with van der Waals surface area (Å²) in [5, 5.41) is 36.1. The van der Waals surface area contributed by atoms with E-state index >= 15 is 0 Å². The number of halogens is 1. The predicted octanol–water partition coefficient (Wildman–Crippen LogP) is 7.49. The monoisotopic (exact) mass is 641 g/mol. The molecule has 1 aromatic rings. The highest BCUT2D eigenvalue weighted by molar-refractivity contribution is 9.10. The number of anilines is 1. The highest BCUT2D eigenvalue weighted by Gasteiger charge is 2.70. The Morgan fingerprint density at radius 1 is 0.929 bits per heavy atom. The average Bonchev–Trinajstić information content (AvgIpc) is 2.93. The number of amides is 1. The Labute approximate surface area is 261 Å².